The van der Waals surface area contributed by atoms with Gasteiger partial charge in [-0.05, 0) is 43.2 Å². The molecule has 2 aromatic carbocycles. The maximum absolute atomic E-state index is 13.9. The van der Waals surface area contributed by atoms with E-state index in [9.17, 15) is 19.1 Å². The molecular formula is C21H19FN2O3S2. The average molecular weight is 431 g/mol. The third-order valence-corrected chi connectivity index (χ3v) is 5.76. The fourth-order valence-electron chi connectivity index (χ4n) is 2.80. The van der Waals surface area contributed by atoms with Crippen LogP contribution in [0.3, 0.4) is 0 Å². The molecule has 1 saturated heterocycles. The van der Waals surface area contributed by atoms with E-state index in [2.05, 4.69) is 5.32 Å². The van der Waals surface area contributed by atoms with Crippen LogP contribution in [0.1, 0.15) is 18.1 Å². The zero-order valence-electron chi connectivity index (χ0n) is 15.6. The molecule has 0 radical (unpaired) electrons. The molecular weight excluding hydrogens is 411 g/mol. The smallest absolute Gasteiger partial charge is 0.266 e. The van der Waals surface area contributed by atoms with Crippen LogP contribution < -0.4 is 5.32 Å². The minimum Gasteiger partial charge on any atom is -0.508 e. The first kappa shape index (κ1) is 21.0. The summed E-state index contributed by atoms with van der Waals surface area (Å²) in [5.74, 6) is -0.987. The minimum absolute atomic E-state index is 0.184. The predicted molar refractivity (Wildman–Crippen MR) is 116 cm³/mol. The van der Waals surface area contributed by atoms with Crippen molar-refractivity contribution in [2.24, 2.45) is 0 Å². The Morgan fingerprint density at radius 1 is 1.28 bits per heavy atom. The first-order valence-electron chi connectivity index (χ1n) is 8.94. The second-order valence-corrected chi connectivity index (χ2v) is 8.13. The van der Waals surface area contributed by atoms with Gasteiger partial charge in [0, 0.05) is 12.1 Å². The van der Waals surface area contributed by atoms with Crippen molar-refractivity contribution in [1.82, 2.24) is 10.2 Å². The third kappa shape index (κ3) is 5.02. The fraction of sp³-hybridized carbons (Fsp3) is 0.190. The van der Waals surface area contributed by atoms with Crippen molar-refractivity contribution in [3.63, 3.8) is 0 Å². The number of hydrogen-bond donors (Lipinski definition) is 2. The van der Waals surface area contributed by atoms with Crippen molar-refractivity contribution in [2.75, 3.05) is 6.54 Å². The van der Waals surface area contributed by atoms with Crippen LogP contribution in [-0.4, -0.2) is 38.7 Å². The summed E-state index contributed by atoms with van der Waals surface area (Å²) in [4.78, 5) is 26.8. The molecule has 3 rings (SSSR count). The Morgan fingerprint density at radius 3 is 2.66 bits per heavy atom. The number of amides is 2. The number of nitrogens with one attached hydrogen (secondary N) is 1. The number of thioether (sulfide) groups is 1. The number of carbonyl (C=O) groups is 2. The van der Waals surface area contributed by atoms with Crippen LogP contribution in [0.5, 0.6) is 5.75 Å². The molecule has 1 heterocycles. The van der Waals surface area contributed by atoms with Crippen LogP contribution in [0.4, 0.5) is 4.39 Å². The number of carbonyl (C=O) groups excluding carboxylic acids is 2. The Labute approximate surface area is 177 Å². The quantitative estimate of drug-likeness (QED) is 0.543. The summed E-state index contributed by atoms with van der Waals surface area (Å²) in [5, 5.41) is 12.1. The molecule has 1 fully saturated rings. The van der Waals surface area contributed by atoms with E-state index in [0.717, 1.165) is 17.3 Å². The number of aromatic hydroxyl groups is 1. The molecule has 0 aliphatic carbocycles. The van der Waals surface area contributed by atoms with Crippen LogP contribution in [0.15, 0.2) is 53.4 Å². The number of benzene rings is 2. The van der Waals surface area contributed by atoms with E-state index < -0.39 is 17.8 Å². The van der Waals surface area contributed by atoms with Gasteiger partial charge in [-0.2, -0.15) is 0 Å². The zero-order valence-corrected chi connectivity index (χ0v) is 17.2. The number of phenolic OH excluding ortho intramolecular Hbond substituents is 1. The molecule has 0 spiro atoms. The topological polar surface area (TPSA) is 69.6 Å². The second-order valence-electron chi connectivity index (χ2n) is 6.46. The van der Waals surface area contributed by atoms with E-state index in [1.807, 2.05) is 0 Å². The first-order chi connectivity index (χ1) is 13.9. The average Bonchev–Trinajstić information content (AvgIpc) is 2.97. The van der Waals surface area contributed by atoms with Crippen molar-refractivity contribution in [3.05, 3.63) is 70.4 Å². The molecule has 0 unspecified atom stereocenters. The highest BCUT2D eigenvalue weighted by molar-refractivity contribution is 8.26. The normalized spacial score (nSPS) is 16.3. The Kier molecular flexibility index (Phi) is 6.66. The SMILES string of the molecule is C[C@H](C(=O)NCCc1ccc(O)cc1)N1C(=O)/C(=C/c2ccccc2F)SC1=S. The van der Waals surface area contributed by atoms with E-state index in [4.69, 9.17) is 12.2 Å². The highest BCUT2D eigenvalue weighted by Crippen LogP contribution is 2.34. The Bertz CT molecular complexity index is 976. The van der Waals surface area contributed by atoms with Crippen LogP contribution in [-0.2, 0) is 16.0 Å². The molecule has 2 aromatic rings. The number of hydrogen-bond acceptors (Lipinski definition) is 5. The summed E-state index contributed by atoms with van der Waals surface area (Å²) in [6.45, 7) is 1.99. The van der Waals surface area contributed by atoms with E-state index in [-0.39, 0.29) is 20.9 Å². The van der Waals surface area contributed by atoms with Gasteiger partial charge in [-0.15, -0.1) is 0 Å². The van der Waals surface area contributed by atoms with E-state index in [0.29, 0.717) is 18.5 Å². The van der Waals surface area contributed by atoms with Gasteiger partial charge >= 0.3 is 0 Å². The summed E-state index contributed by atoms with van der Waals surface area (Å²) >= 11 is 6.32. The van der Waals surface area contributed by atoms with Gasteiger partial charge in [-0.1, -0.05) is 54.3 Å². The molecule has 1 aliphatic rings. The van der Waals surface area contributed by atoms with Crippen molar-refractivity contribution in [3.8, 4) is 5.75 Å². The number of phenols is 1. The summed E-state index contributed by atoms with van der Waals surface area (Å²) in [6, 6.07) is 12.1. The number of nitrogens with zero attached hydrogens (tertiary/aromatic N) is 1. The lowest BCUT2D eigenvalue weighted by atomic mass is 10.1. The van der Waals surface area contributed by atoms with Crippen LogP contribution >= 0.6 is 24.0 Å². The lowest BCUT2D eigenvalue weighted by Gasteiger charge is -2.22. The monoisotopic (exact) mass is 430 g/mol. The minimum atomic E-state index is -0.783. The number of halogens is 1. The lowest BCUT2D eigenvalue weighted by molar-refractivity contribution is -0.132. The van der Waals surface area contributed by atoms with Gasteiger partial charge in [0.2, 0.25) is 5.91 Å². The molecule has 0 bridgehead atoms. The van der Waals surface area contributed by atoms with Gasteiger partial charge in [0.15, 0.2) is 0 Å². The Morgan fingerprint density at radius 2 is 1.97 bits per heavy atom. The third-order valence-electron chi connectivity index (χ3n) is 4.43. The van der Waals surface area contributed by atoms with Gasteiger partial charge in [0.1, 0.15) is 21.9 Å². The second kappa shape index (κ2) is 9.19. The van der Waals surface area contributed by atoms with Gasteiger partial charge in [0.05, 0.1) is 4.91 Å². The highest BCUT2D eigenvalue weighted by atomic mass is 32.2. The first-order valence-corrected chi connectivity index (χ1v) is 10.2. The Balaban J connectivity index is 1.62. The molecule has 2 amide bonds. The summed E-state index contributed by atoms with van der Waals surface area (Å²) in [5.41, 5.74) is 1.26. The Hall–Kier alpha value is -2.71. The van der Waals surface area contributed by atoms with Crippen molar-refractivity contribution >= 4 is 46.2 Å². The molecule has 2 N–H and O–H groups in total. The largest absolute Gasteiger partial charge is 0.508 e. The highest BCUT2D eigenvalue weighted by Gasteiger charge is 2.38. The molecule has 8 heteroatoms. The summed E-state index contributed by atoms with van der Waals surface area (Å²) < 4.78 is 14.1. The molecule has 5 nitrogen and oxygen atoms in total. The van der Waals surface area contributed by atoms with Gasteiger partial charge in [-0.25, -0.2) is 4.39 Å². The standard InChI is InChI=1S/C21H19FN2O3S2/c1-13(19(26)23-11-10-14-6-8-16(25)9-7-14)24-20(27)18(29-21(24)28)12-15-4-2-3-5-17(15)22/h2-9,12-13,25H,10-11H2,1H3,(H,23,26)/b18-12-/t13-/m1/s1. The van der Waals surface area contributed by atoms with Gasteiger partial charge in [0.25, 0.3) is 5.91 Å². The molecule has 150 valence electrons. The van der Waals surface area contributed by atoms with Crippen molar-refractivity contribution in [1.29, 1.82) is 0 Å². The predicted octanol–water partition coefficient (Wildman–Crippen LogP) is 3.48. The summed E-state index contributed by atoms with van der Waals surface area (Å²) in [7, 11) is 0. The molecule has 0 aromatic heterocycles. The summed E-state index contributed by atoms with van der Waals surface area (Å²) in [6.07, 6.45) is 2.04. The zero-order chi connectivity index (χ0) is 21.0. The van der Waals surface area contributed by atoms with E-state index in [1.54, 1.807) is 49.4 Å². The molecule has 0 saturated carbocycles. The van der Waals surface area contributed by atoms with Crippen LogP contribution in [0, 0.1) is 5.82 Å². The van der Waals surface area contributed by atoms with Crippen LogP contribution in [0.25, 0.3) is 6.08 Å². The van der Waals surface area contributed by atoms with Crippen LogP contribution in [0.2, 0.25) is 0 Å². The van der Waals surface area contributed by atoms with Gasteiger partial charge in [-0.3, -0.25) is 14.5 Å². The molecule has 1 aliphatic heterocycles. The maximum atomic E-state index is 13.9. The van der Waals surface area contributed by atoms with Gasteiger partial charge < -0.3 is 10.4 Å². The van der Waals surface area contributed by atoms with Crippen molar-refractivity contribution in [2.45, 2.75) is 19.4 Å². The number of thiocarbonyl (C=S) groups is 1. The lowest BCUT2D eigenvalue weighted by Crippen LogP contribution is -2.47. The molecule has 29 heavy (non-hydrogen) atoms. The van der Waals surface area contributed by atoms with E-state index in [1.165, 1.54) is 17.0 Å². The molecule has 1 atom stereocenters. The van der Waals surface area contributed by atoms with E-state index >= 15 is 0 Å². The maximum Gasteiger partial charge on any atom is 0.266 e. The fourth-order valence-corrected chi connectivity index (χ4v) is 4.21. The van der Waals surface area contributed by atoms with Crippen molar-refractivity contribution < 1.29 is 19.1 Å². The number of rotatable bonds is 6.